The highest BCUT2D eigenvalue weighted by molar-refractivity contribution is 7.99. The molecule has 4 nitrogen and oxygen atoms in total. The van der Waals surface area contributed by atoms with Gasteiger partial charge in [0.15, 0.2) is 0 Å². The van der Waals surface area contributed by atoms with E-state index < -0.39 is 5.97 Å². The van der Waals surface area contributed by atoms with E-state index in [4.69, 9.17) is 5.11 Å². The molecule has 0 amide bonds. The number of aromatic nitrogens is 2. The molecule has 16 heavy (non-hydrogen) atoms. The van der Waals surface area contributed by atoms with Crippen molar-refractivity contribution in [3.63, 3.8) is 0 Å². The zero-order valence-electron chi connectivity index (χ0n) is 9.80. The molecule has 1 N–H and O–H groups in total. The fraction of sp³-hybridized carbons (Fsp3) is 0.600. The van der Waals surface area contributed by atoms with E-state index in [1.807, 2.05) is 13.2 Å². The Morgan fingerprint density at radius 1 is 1.56 bits per heavy atom. The van der Waals surface area contributed by atoms with Gasteiger partial charge in [0.25, 0.3) is 0 Å². The molecule has 0 aliphatic carbocycles. The Kier molecular flexibility index (Phi) is 5.89. The zero-order chi connectivity index (χ0) is 11.6. The largest absolute Gasteiger partial charge is 0.478 e. The highest BCUT2D eigenvalue weighted by Gasteiger charge is 2.19. The number of halogens is 1. The maximum Gasteiger partial charge on any atom is 0.339 e. The summed E-state index contributed by atoms with van der Waals surface area (Å²) in [7, 11) is 0. The smallest absolute Gasteiger partial charge is 0.339 e. The molecule has 0 saturated heterocycles. The van der Waals surface area contributed by atoms with Crippen LogP contribution in [0.2, 0.25) is 0 Å². The SMILES string of the molecule is CSC(C)C(C)n1ncc(C(=O)O)c1C.Cl. The van der Waals surface area contributed by atoms with Gasteiger partial charge in [-0.15, -0.1) is 12.4 Å². The van der Waals surface area contributed by atoms with E-state index in [9.17, 15) is 4.79 Å². The molecule has 0 spiro atoms. The summed E-state index contributed by atoms with van der Waals surface area (Å²) >= 11 is 1.75. The van der Waals surface area contributed by atoms with Gasteiger partial charge in [-0.25, -0.2) is 4.79 Å². The quantitative estimate of drug-likeness (QED) is 0.908. The number of carbonyl (C=O) groups is 1. The van der Waals surface area contributed by atoms with Gasteiger partial charge < -0.3 is 5.11 Å². The third-order valence-corrected chi connectivity index (χ3v) is 3.85. The lowest BCUT2D eigenvalue weighted by molar-refractivity contribution is 0.0696. The second-order valence-electron chi connectivity index (χ2n) is 3.57. The van der Waals surface area contributed by atoms with Gasteiger partial charge in [0.05, 0.1) is 17.9 Å². The number of rotatable bonds is 4. The van der Waals surface area contributed by atoms with E-state index in [2.05, 4.69) is 12.0 Å². The molecule has 1 aromatic rings. The third-order valence-electron chi connectivity index (χ3n) is 2.71. The summed E-state index contributed by atoms with van der Waals surface area (Å²) in [6.45, 7) is 5.95. The molecule has 0 fully saturated rings. The molecule has 1 heterocycles. The molecule has 92 valence electrons. The summed E-state index contributed by atoms with van der Waals surface area (Å²) in [5.41, 5.74) is 1.01. The lowest BCUT2D eigenvalue weighted by Crippen LogP contribution is -2.18. The van der Waals surface area contributed by atoms with Crippen molar-refractivity contribution in [2.24, 2.45) is 0 Å². The van der Waals surface area contributed by atoms with Crippen LogP contribution in [0.25, 0.3) is 0 Å². The number of nitrogens with zero attached hydrogens (tertiary/aromatic N) is 2. The second kappa shape index (κ2) is 6.15. The normalized spacial score (nSPS) is 14.0. The Balaban J connectivity index is 0.00000225. The van der Waals surface area contributed by atoms with Crippen LogP contribution in [0.15, 0.2) is 6.20 Å². The monoisotopic (exact) mass is 264 g/mol. The maximum absolute atomic E-state index is 10.8. The average Bonchev–Trinajstić information content (AvgIpc) is 2.57. The van der Waals surface area contributed by atoms with Gasteiger partial charge in [0, 0.05) is 5.25 Å². The number of carboxylic acid groups (broad SMARTS) is 1. The van der Waals surface area contributed by atoms with E-state index in [1.165, 1.54) is 6.20 Å². The van der Waals surface area contributed by atoms with Crippen molar-refractivity contribution >= 4 is 30.1 Å². The van der Waals surface area contributed by atoms with Crippen molar-refractivity contribution in [2.75, 3.05) is 6.26 Å². The lowest BCUT2D eigenvalue weighted by Gasteiger charge is -2.19. The van der Waals surface area contributed by atoms with Crippen molar-refractivity contribution < 1.29 is 9.90 Å². The third kappa shape index (κ3) is 2.92. The first-order valence-corrected chi connectivity index (χ1v) is 6.08. The number of hydrogen-bond donors (Lipinski definition) is 1. The topological polar surface area (TPSA) is 55.1 Å². The van der Waals surface area contributed by atoms with E-state index >= 15 is 0 Å². The van der Waals surface area contributed by atoms with Crippen molar-refractivity contribution in [2.45, 2.75) is 32.1 Å². The fourth-order valence-electron chi connectivity index (χ4n) is 1.44. The van der Waals surface area contributed by atoms with Gasteiger partial charge in [-0.3, -0.25) is 4.68 Å². The molecule has 0 saturated carbocycles. The molecular weight excluding hydrogens is 248 g/mol. The van der Waals surface area contributed by atoms with E-state index in [0.717, 1.165) is 5.69 Å². The first kappa shape index (κ1) is 15.3. The summed E-state index contributed by atoms with van der Waals surface area (Å²) < 4.78 is 1.78. The van der Waals surface area contributed by atoms with E-state index in [1.54, 1.807) is 23.4 Å². The molecule has 6 heteroatoms. The highest BCUT2D eigenvalue weighted by atomic mass is 35.5. The molecule has 0 aromatic carbocycles. The molecular formula is C10H17ClN2O2S. The standard InChI is InChI=1S/C10H16N2O2S.ClH/c1-6(8(3)15-4)12-7(2)9(5-11-12)10(13)14;/h5-6,8H,1-4H3,(H,13,14);1H. The van der Waals surface area contributed by atoms with Gasteiger partial charge in [0.1, 0.15) is 5.56 Å². The Hall–Kier alpha value is -0.680. The van der Waals surface area contributed by atoms with Crippen LogP contribution in [0.5, 0.6) is 0 Å². The molecule has 0 bridgehead atoms. The highest BCUT2D eigenvalue weighted by Crippen LogP contribution is 2.23. The number of hydrogen-bond acceptors (Lipinski definition) is 3. The Bertz CT molecular complexity index is 368. The molecule has 1 rings (SSSR count). The Morgan fingerprint density at radius 2 is 2.12 bits per heavy atom. The van der Waals surface area contributed by atoms with E-state index in [0.29, 0.717) is 5.25 Å². The van der Waals surface area contributed by atoms with Gasteiger partial charge in [-0.1, -0.05) is 6.92 Å². The summed E-state index contributed by atoms with van der Waals surface area (Å²) in [5, 5.41) is 13.4. The van der Waals surface area contributed by atoms with Crippen LogP contribution in [0.1, 0.15) is 35.9 Å². The van der Waals surface area contributed by atoms with Crippen molar-refractivity contribution in [1.82, 2.24) is 9.78 Å². The average molecular weight is 265 g/mol. The molecule has 2 unspecified atom stereocenters. The zero-order valence-corrected chi connectivity index (χ0v) is 11.4. The van der Waals surface area contributed by atoms with Gasteiger partial charge >= 0.3 is 5.97 Å². The minimum atomic E-state index is -0.914. The maximum atomic E-state index is 10.8. The minimum absolute atomic E-state index is 0. The fourth-order valence-corrected chi connectivity index (χ4v) is 1.95. The predicted octanol–water partition coefficient (Wildman–Crippen LogP) is 2.62. The van der Waals surface area contributed by atoms with Crippen molar-refractivity contribution in [1.29, 1.82) is 0 Å². The molecule has 1 aromatic heterocycles. The van der Waals surface area contributed by atoms with Crippen LogP contribution in [-0.2, 0) is 0 Å². The van der Waals surface area contributed by atoms with Gasteiger partial charge in [-0.05, 0) is 20.1 Å². The van der Waals surface area contributed by atoms with Crippen molar-refractivity contribution in [3.8, 4) is 0 Å². The molecule has 0 aliphatic heterocycles. The Morgan fingerprint density at radius 3 is 2.50 bits per heavy atom. The van der Waals surface area contributed by atoms with Gasteiger partial charge in [-0.2, -0.15) is 16.9 Å². The first-order chi connectivity index (χ1) is 6.99. The summed E-state index contributed by atoms with van der Waals surface area (Å²) in [5.74, 6) is -0.914. The molecule has 0 radical (unpaired) electrons. The van der Waals surface area contributed by atoms with Crippen LogP contribution in [-0.4, -0.2) is 32.4 Å². The predicted molar refractivity (Wildman–Crippen MR) is 68.9 cm³/mol. The lowest BCUT2D eigenvalue weighted by atomic mass is 10.2. The Labute approximate surface area is 106 Å². The second-order valence-corrected chi connectivity index (χ2v) is 4.79. The summed E-state index contributed by atoms with van der Waals surface area (Å²) in [4.78, 5) is 10.8. The summed E-state index contributed by atoms with van der Waals surface area (Å²) in [6.07, 6.45) is 3.46. The number of thioether (sulfide) groups is 1. The van der Waals surface area contributed by atoms with Crippen LogP contribution < -0.4 is 0 Å². The summed E-state index contributed by atoms with van der Waals surface area (Å²) in [6, 6.07) is 0.202. The molecule has 2 atom stereocenters. The van der Waals surface area contributed by atoms with Crippen LogP contribution in [0.3, 0.4) is 0 Å². The van der Waals surface area contributed by atoms with Crippen molar-refractivity contribution in [3.05, 3.63) is 17.5 Å². The minimum Gasteiger partial charge on any atom is -0.478 e. The molecule has 0 aliphatic rings. The number of carboxylic acids is 1. The van der Waals surface area contributed by atoms with E-state index in [-0.39, 0.29) is 24.0 Å². The first-order valence-electron chi connectivity index (χ1n) is 4.79. The van der Waals surface area contributed by atoms with Gasteiger partial charge in [0.2, 0.25) is 0 Å². The van der Waals surface area contributed by atoms with Crippen LogP contribution >= 0.6 is 24.2 Å². The van der Waals surface area contributed by atoms with Crippen LogP contribution in [0.4, 0.5) is 0 Å². The van der Waals surface area contributed by atoms with Crippen LogP contribution in [0, 0.1) is 6.92 Å². The number of aromatic carboxylic acids is 1.